The molecule has 168 valence electrons. The summed E-state index contributed by atoms with van der Waals surface area (Å²) in [5.41, 5.74) is -0.0595. The van der Waals surface area contributed by atoms with E-state index in [1.807, 2.05) is 0 Å². The highest BCUT2D eigenvalue weighted by molar-refractivity contribution is 7.89. The molecule has 0 bridgehead atoms. The van der Waals surface area contributed by atoms with Crippen LogP contribution in [-0.4, -0.2) is 62.3 Å². The van der Waals surface area contributed by atoms with E-state index in [0.717, 1.165) is 30.3 Å². The van der Waals surface area contributed by atoms with E-state index in [2.05, 4.69) is 5.32 Å². The number of halogens is 4. The van der Waals surface area contributed by atoms with Gasteiger partial charge in [0.2, 0.25) is 10.0 Å². The lowest BCUT2D eigenvalue weighted by atomic mass is 10.2. The van der Waals surface area contributed by atoms with Crippen LogP contribution in [0.25, 0.3) is 0 Å². The number of nitrogens with one attached hydrogen (secondary N) is 1. The SMILES string of the molecule is O=C(Nc1ccc(F)c(Cl)c1)c1ccc(F)c(S(=O)(=O)N2CCOC[C@@H](F)[C@H](O)C2)c1. The van der Waals surface area contributed by atoms with E-state index in [4.69, 9.17) is 16.3 Å². The first-order valence-corrected chi connectivity index (χ1v) is 10.9. The van der Waals surface area contributed by atoms with Gasteiger partial charge in [0.1, 0.15) is 22.6 Å². The fourth-order valence-corrected chi connectivity index (χ4v) is 4.58. The van der Waals surface area contributed by atoms with Crippen molar-refractivity contribution in [2.45, 2.75) is 17.2 Å². The van der Waals surface area contributed by atoms with Crippen molar-refractivity contribution in [1.29, 1.82) is 0 Å². The zero-order chi connectivity index (χ0) is 22.8. The van der Waals surface area contributed by atoms with E-state index in [-0.39, 0.29) is 36.0 Å². The van der Waals surface area contributed by atoms with E-state index < -0.39 is 51.3 Å². The molecule has 0 spiro atoms. The first-order chi connectivity index (χ1) is 14.6. The number of ether oxygens (including phenoxy) is 1. The Labute approximate surface area is 181 Å². The molecule has 1 fully saturated rings. The average molecular weight is 479 g/mol. The molecule has 2 atom stereocenters. The Hall–Kier alpha value is -2.18. The summed E-state index contributed by atoms with van der Waals surface area (Å²) in [5.74, 6) is -2.61. The van der Waals surface area contributed by atoms with Gasteiger partial charge >= 0.3 is 0 Å². The number of amides is 1. The molecular formula is C19H18ClF3N2O5S. The third kappa shape index (κ3) is 5.36. The van der Waals surface area contributed by atoms with Crippen LogP contribution >= 0.6 is 11.6 Å². The van der Waals surface area contributed by atoms with E-state index in [9.17, 15) is 31.5 Å². The molecule has 1 amide bonds. The monoisotopic (exact) mass is 478 g/mol. The summed E-state index contributed by atoms with van der Waals surface area (Å²) in [6.45, 7) is -1.38. The largest absolute Gasteiger partial charge is 0.389 e. The Morgan fingerprint density at radius 2 is 1.90 bits per heavy atom. The molecule has 0 aromatic heterocycles. The molecule has 1 aliphatic heterocycles. The maximum atomic E-state index is 14.4. The summed E-state index contributed by atoms with van der Waals surface area (Å²) < 4.78 is 72.9. The minimum absolute atomic E-state index is 0.142. The molecule has 0 unspecified atom stereocenters. The molecule has 0 saturated carbocycles. The quantitative estimate of drug-likeness (QED) is 0.704. The van der Waals surface area contributed by atoms with Crippen LogP contribution in [0.3, 0.4) is 0 Å². The smallest absolute Gasteiger partial charge is 0.255 e. The maximum absolute atomic E-state index is 14.4. The zero-order valence-corrected chi connectivity index (χ0v) is 17.5. The number of aliphatic hydroxyl groups excluding tert-OH is 1. The van der Waals surface area contributed by atoms with Gasteiger partial charge in [0.15, 0.2) is 6.17 Å². The molecule has 3 rings (SSSR count). The van der Waals surface area contributed by atoms with Gasteiger partial charge in [-0.3, -0.25) is 4.79 Å². The molecule has 0 aliphatic carbocycles. The van der Waals surface area contributed by atoms with Crippen LogP contribution in [0.2, 0.25) is 5.02 Å². The third-order valence-electron chi connectivity index (χ3n) is 4.56. The van der Waals surface area contributed by atoms with Gasteiger partial charge < -0.3 is 15.2 Å². The van der Waals surface area contributed by atoms with Crippen LogP contribution in [-0.2, 0) is 14.8 Å². The Kier molecular flexibility index (Phi) is 7.22. The number of hydrogen-bond donors (Lipinski definition) is 2. The van der Waals surface area contributed by atoms with Gasteiger partial charge in [-0.15, -0.1) is 0 Å². The Morgan fingerprint density at radius 1 is 1.19 bits per heavy atom. The number of β-amino-alcohol motifs (C(OH)–C–C–N with tert-alkyl or cyclic N) is 1. The van der Waals surface area contributed by atoms with Crippen LogP contribution in [0, 0.1) is 11.6 Å². The lowest BCUT2D eigenvalue weighted by Gasteiger charge is -2.28. The lowest BCUT2D eigenvalue weighted by Crippen LogP contribution is -2.46. The maximum Gasteiger partial charge on any atom is 0.255 e. The molecule has 1 aliphatic rings. The number of sulfonamides is 1. The first-order valence-electron chi connectivity index (χ1n) is 9.05. The van der Waals surface area contributed by atoms with Crippen molar-refractivity contribution in [3.63, 3.8) is 0 Å². The van der Waals surface area contributed by atoms with Gasteiger partial charge in [0, 0.05) is 24.3 Å². The summed E-state index contributed by atoms with van der Waals surface area (Å²) in [6.07, 6.45) is -3.46. The van der Waals surface area contributed by atoms with Crippen molar-refractivity contribution in [2.75, 3.05) is 31.6 Å². The molecule has 1 saturated heterocycles. The normalized spacial score (nSPS) is 20.7. The highest BCUT2D eigenvalue weighted by Crippen LogP contribution is 2.24. The summed E-state index contributed by atoms with van der Waals surface area (Å²) >= 11 is 5.66. The van der Waals surface area contributed by atoms with Crippen molar-refractivity contribution in [3.05, 3.63) is 58.6 Å². The molecule has 0 radical (unpaired) electrons. The Morgan fingerprint density at radius 3 is 2.61 bits per heavy atom. The van der Waals surface area contributed by atoms with Crippen LogP contribution < -0.4 is 5.32 Å². The summed E-state index contributed by atoms with van der Waals surface area (Å²) in [4.78, 5) is 11.7. The van der Waals surface area contributed by atoms with Crippen LogP contribution in [0.15, 0.2) is 41.3 Å². The number of anilines is 1. The van der Waals surface area contributed by atoms with E-state index in [1.54, 1.807) is 0 Å². The molecule has 1 heterocycles. The van der Waals surface area contributed by atoms with Crippen LogP contribution in [0.4, 0.5) is 18.9 Å². The number of benzene rings is 2. The molecule has 2 aromatic rings. The molecular weight excluding hydrogens is 461 g/mol. The molecule has 2 aromatic carbocycles. The first kappa shape index (κ1) is 23.5. The third-order valence-corrected chi connectivity index (χ3v) is 6.73. The van der Waals surface area contributed by atoms with Gasteiger partial charge in [-0.05, 0) is 36.4 Å². The second-order valence-electron chi connectivity index (χ2n) is 6.75. The zero-order valence-electron chi connectivity index (χ0n) is 15.9. The highest BCUT2D eigenvalue weighted by atomic mass is 35.5. The van der Waals surface area contributed by atoms with Crippen molar-refractivity contribution < 1.29 is 36.2 Å². The minimum atomic E-state index is -4.53. The number of alkyl halides is 1. The van der Waals surface area contributed by atoms with Crippen LogP contribution in [0.5, 0.6) is 0 Å². The van der Waals surface area contributed by atoms with Gasteiger partial charge in [0.25, 0.3) is 5.91 Å². The number of hydrogen-bond acceptors (Lipinski definition) is 5. The van der Waals surface area contributed by atoms with Gasteiger partial charge in [-0.25, -0.2) is 21.6 Å². The number of carbonyl (C=O) groups excluding carboxylic acids is 1. The van der Waals surface area contributed by atoms with Crippen molar-refractivity contribution in [2.24, 2.45) is 0 Å². The average Bonchev–Trinajstić information content (AvgIpc) is 2.71. The van der Waals surface area contributed by atoms with Crippen molar-refractivity contribution >= 4 is 33.2 Å². The van der Waals surface area contributed by atoms with Gasteiger partial charge in [0.05, 0.1) is 18.2 Å². The molecule has 12 heteroatoms. The minimum Gasteiger partial charge on any atom is -0.389 e. The van der Waals surface area contributed by atoms with Crippen LogP contribution in [0.1, 0.15) is 10.4 Å². The summed E-state index contributed by atoms with van der Waals surface area (Å²) in [6, 6.07) is 6.13. The topological polar surface area (TPSA) is 95.9 Å². The number of rotatable bonds is 4. The lowest BCUT2D eigenvalue weighted by molar-refractivity contribution is -0.0206. The van der Waals surface area contributed by atoms with E-state index in [1.165, 1.54) is 6.07 Å². The molecule has 31 heavy (non-hydrogen) atoms. The standard InChI is InChI=1S/C19H18ClF3N2O5S/c20-13-8-12(2-4-14(13)21)24-19(27)11-1-3-15(22)18(7-11)31(28,29)25-5-6-30-10-16(23)17(26)9-25/h1-4,7-8,16-17,26H,5-6,9-10H2,(H,24,27)/t16-,17-/m1/s1. The second-order valence-corrected chi connectivity index (χ2v) is 9.06. The number of aliphatic hydroxyl groups is 1. The predicted molar refractivity (Wildman–Crippen MR) is 106 cm³/mol. The summed E-state index contributed by atoms with van der Waals surface area (Å²) in [7, 11) is -4.53. The van der Waals surface area contributed by atoms with E-state index >= 15 is 0 Å². The molecule has 7 nitrogen and oxygen atoms in total. The fourth-order valence-electron chi connectivity index (χ4n) is 2.86. The Balaban J connectivity index is 1.88. The van der Waals surface area contributed by atoms with Gasteiger partial charge in [-0.1, -0.05) is 11.6 Å². The molecule has 2 N–H and O–H groups in total. The second kappa shape index (κ2) is 9.53. The van der Waals surface area contributed by atoms with Crippen molar-refractivity contribution in [3.8, 4) is 0 Å². The van der Waals surface area contributed by atoms with E-state index in [0.29, 0.717) is 4.31 Å². The number of carbonyl (C=O) groups is 1. The summed E-state index contributed by atoms with van der Waals surface area (Å²) in [5, 5.41) is 12.0. The highest BCUT2D eigenvalue weighted by Gasteiger charge is 2.33. The van der Waals surface area contributed by atoms with Gasteiger partial charge in [-0.2, -0.15) is 4.31 Å². The fraction of sp³-hybridized carbons (Fsp3) is 0.316. The predicted octanol–water partition coefficient (Wildman–Crippen LogP) is 2.59. The Bertz CT molecular complexity index is 1090. The van der Waals surface area contributed by atoms with Crippen molar-refractivity contribution in [1.82, 2.24) is 4.31 Å². The number of nitrogens with zero attached hydrogens (tertiary/aromatic N) is 1.